The third-order valence-electron chi connectivity index (χ3n) is 3.94. The van der Waals surface area contributed by atoms with E-state index in [0.717, 1.165) is 31.2 Å². The normalized spacial score (nSPS) is 10.2. The molecule has 0 fully saturated rings. The van der Waals surface area contributed by atoms with E-state index < -0.39 is 5.91 Å². The summed E-state index contributed by atoms with van der Waals surface area (Å²) in [4.78, 5) is 24.1. The van der Waals surface area contributed by atoms with E-state index in [2.05, 4.69) is 17.8 Å². The van der Waals surface area contributed by atoms with E-state index in [0.29, 0.717) is 24.3 Å². The van der Waals surface area contributed by atoms with Crippen molar-refractivity contribution in [2.45, 2.75) is 45.6 Å². The van der Waals surface area contributed by atoms with E-state index in [9.17, 15) is 9.59 Å². The maximum atomic E-state index is 12.4. The van der Waals surface area contributed by atoms with Crippen molar-refractivity contribution in [3.8, 4) is 5.75 Å². The van der Waals surface area contributed by atoms with Crippen LogP contribution in [0.15, 0.2) is 54.6 Å². The fourth-order valence-electron chi connectivity index (χ4n) is 2.48. The largest absolute Gasteiger partial charge is 0.488 e. The van der Waals surface area contributed by atoms with Gasteiger partial charge in [0.2, 0.25) is 5.91 Å². The summed E-state index contributed by atoms with van der Waals surface area (Å²) in [6, 6.07) is 16.7. The second kappa shape index (κ2) is 10.9. The first-order chi connectivity index (χ1) is 12.7. The molecule has 0 aliphatic carbocycles. The van der Waals surface area contributed by atoms with Crippen LogP contribution in [0.25, 0.3) is 0 Å². The summed E-state index contributed by atoms with van der Waals surface area (Å²) in [6.45, 7) is 2.49. The molecule has 2 aromatic carbocycles. The lowest BCUT2D eigenvalue weighted by atomic mass is 10.1. The van der Waals surface area contributed by atoms with E-state index in [1.54, 1.807) is 18.2 Å². The van der Waals surface area contributed by atoms with Crippen molar-refractivity contribution < 1.29 is 14.3 Å². The Morgan fingerprint density at radius 2 is 1.62 bits per heavy atom. The van der Waals surface area contributed by atoms with Crippen LogP contribution in [0.1, 0.15) is 54.9 Å². The molecule has 0 aliphatic heterocycles. The SMILES string of the molecule is CCCCCCC(=O)NNC(=O)c1ccccc1OCc1ccccc1. The first-order valence-electron chi connectivity index (χ1n) is 9.05. The van der Waals surface area contributed by atoms with Gasteiger partial charge in [-0.2, -0.15) is 0 Å². The van der Waals surface area contributed by atoms with Gasteiger partial charge in [0.05, 0.1) is 5.56 Å². The molecule has 0 spiro atoms. The zero-order chi connectivity index (χ0) is 18.6. The average molecular weight is 354 g/mol. The molecule has 0 atom stereocenters. The Kier molecular flexibility index (Phi) is 8.19. The van der Waals surface area contributed by atoms with Gasteiger partial charge >= 0.3 is 0 Å². The Morgan fingerprint density at radius 3 is 2.38 bits per heavy atom. The summed E-state index contributed by atoms with van der Waals surface area (Å²) in [7, 11) is 0. The van der Waals surface area contributed by atoms with Gasteiger partial charge in [-0.3, -0.25) is 20.4 Å². The van der Waals surface area contributed by atoms with Crippen molar-refractivity contribution in [1.82, 2.24) is 10.9 Å². The Bertz CT molecular complexity index is 701. The molecule has 0 unspecified atom stereocenters. The van der Waals surface area contributed by atoms with Crippen LogP contribution in [0.2, 0.25) is 0 Å². The smallest absolute Gasteiger partial charge is 0.273 e. The zero-order valence-electron chi connectivity index (χ0n) is 15.2. The fourth-order valence-corrected chi connectivity index (χ4v) is 2.48. The highest BCUT2D eigenvalue weighted by Crippen LogP contribution is 2.19. The minimum absolute atomic E-state index is 0.183. The number of hydrazine groups is 1. The number of nitrogens with one attached hydrogen (secondary N) is 2. The molecule has 2 rings (SSSR count). The number of rotatable bonds is 9. The quantitative estimate of drug-likeness (QED) is 0.528. The third-order valence-corrected chi connectivity index (χ3v) is 3.94. The van der Waals surface area contributed by atoms with Crippen LogP contribution >= 0.6 is 0 Å². The van der Waals surface area contributed by atoms with Gasteiger partial charge in [-0.1, -0.05) is 68.7 Å². The number of hydrogen-bond donors (Lipinski definition) is 2. The van der Waals surface area contributed by atoms with Crippen molar-refractivity contribution in [2.24, 2.45) is 0 Å². The number of para-hydroxylation sites is 1. The van der Waals surface area contributed by atoms with Gasteiger partial charge in [0.1, 0.15) is 12.4 Å². The summed E-state index contributed by atoms with van der Waals surface area (Å²) < 4.78 is 5.77. The average Bonchev–Trinajstić information content (AvgIpc) is 2.69. The monoisotopic (exact) mass is 354 g/mol. The van der Waals surface area contributed by atoms with Gasteiger partial charge in [0.15, 0.2) is 0 Å². The van der Waals surface area contributed by atoms with E-state index in [1.807, 2.05) is 36.4 Å². The standard InChI is InChI=1S/C21H26N2O3/c1-2-3-4-8-15-20(24)22-23-21(25)18-13-9-10-14-19(18)26-16-17-11-6-5-7-12-17/h5-7,9-14H,2-4,8,15-16H2,1H3,(H,22,24)(H,23,25). The Balaban J connectivity index is 1.85. The zero-order valence-corrected chi connectivity index (χ0v) is 15.2. The highest BCUT2D eigenvalue weighted by Gasteiger charge is 2.13. The predicted octanol–water partition coefficient (Wildman–Crippen LogP) is 4.00. The summed E-state index contributed by atoms with van der Waals surface area (Å²) in [5.74, 6) is -0.0984. The first kappa shape index (κ1) is 19.5. The lowest BCUT2D eigenvalue weighted by Gasteiger charge is -2.12. The van der Waals surface area contributed by atoms with Crippen LogP contribution in [0, 0.1) is 0 Å². The van der Waals surface area contributed by atoms with Gasteiger partial charge in [-0.25, -0.2) is 0 Å². The van der Waals surface area contributed by atoms with E-state index in [4.69, 9.17) is 4.74 Å². The minimum atomic E-state index is -0.393. The van der Waals surface area contributed by atoms with E-state index >= 15 is 0 Å². The molecule has 0 saturated heterocycles. The lowest BCUT2D eigenvalue weighted by Crippen LogP contribution is -2.41. The van der Waals surface area contributed by atoms with Crippen LogP contribution in [-0.2, 0) is 11.4 Å². The van der Waals surface area contributed by atoms with E-state index in [-0.39, 0.29) is 5.91 Å². The molecule has 0 saturated carbocycles. The molecular formula is C21H26N2O3. The lowest BCUT2D eigenvalue weighted by molar-refractivity contribution is -0.122. The molecule has 0 bridgehead atoms. The molecule has 2 aromatic rings. The van der Waals surface area contributed by atoms with Gasteiger partial charge in [0.25, 0.3) is 5.91 Å². The molecule has 0 radical (unpaired) electrons. The number of ether oxygens (including phenoxy) is 1. The highest BCUT2D eigenvalue weighted by atomic mass is 16.5. The Hall–Kier alpha value is -2.82. The molecule has 0 aromatic heterocycles. The maximum absolute atomic E-state index is 12.4. The molecule has 5 nitrogen and oxygen atoms in total. The number of benzene rings is 2. The van der Waals surface area contributed by atoms with E-state index in [1.165, 1.54) is 0 Å². The van der Waals surface area contributed by atoms with Crippen molar-refractivity contribution in [2.75, 3.05) is 0 Å². The first-order valence-corrected chi connectivity index (χ1v) is 9.05. The topological polar surface area (TPSA) is 67.4 Å². The van der Waals surface area contributed by atoms with Crippen LogP contribution in [0.3, 0.4) is 0 Å². The molecule has 0 heterocycles. The van der Waals surface area contributed by atoms with Crippen molar-refractivity contribution in [3.05, 3.63) is 65.7 Å². The molecule has 2 amide bonds. The van der Waals surface area contributed by atoms with Crippen LogP contribution in [-0.4, -0.2) is 11.8 Å². The number of amides is 2. The number of carbonyl (C=O) groups excluding carboxylic acids is 2. The summed E-state index contributed by atoms with van der Waals surface area (Å²) >= 11 is 0. The molecule has 5 heteroatoms. The number of unbranched alkanes of at least 4 members (excludes halogenated alkanes) is 3. The Morgan fingerprint density at radius 1 is 0.885 bits per heavy atom. The van der Waals surface area contributed by atoms with Crippen LogP contribution < -0.4 is 15.6 Å². The number of carbonyl (C=O) groups is 2. The second-order valence-corrected chi connectivity index (χ2v) is 6.08. The second-order valence-electron chi connectivity index (χ2n) is 6.08. The fraction of sp³-hybridized carbons (Fsp3) is 0.333. The minimum Gasteiger partial charge on any atom is -0.488 e. The summed E-state index contributed by atoms with van der Waals surface area (Å²) in [6.07, 6.45) is 4.50. The highest BCUT2D eigenvalue weighted by molar-refractivity contribution is 5.97. The van der Waals surface area contributed by atoms with Gasteiger partial charge in [0, 0.05) is 6.42 Å². The van der Waals surface area contributed by atoms with Gasteiger partial charge in [-0.05, 0) is 24.1 Å². The van der Waals surface area contributed by atoms with Crippen molar-refractivity contribution >= 4 is 11.8 Å². The maximum Gasteiger partial charge on any atom is 0.273 e. The van der Waals surface area contributed by atoms with Gasteiger partial charge < -0.3 is 4.74 Å². The van der Waals surface area contributed by atoms with Crippen molar-refractivity contribution in [3.63, 3.8) is 0 Å². The van der Waals surface area contributed by atoms with Crippen LogP contribution in [0.4, 0.5) is 0 Å². The molecule has 138 valence electrons. The molecule has 0 aliphatic rings. The van der Waals surface area contributed by atoms with Crippen molar-refractivity contribution in [1.29, 1.82) is 0 Å². The molecule has 26 heavy (non-hydrogen) atoms. The molecule has 2 N–H and O–H groups in total. The summed E-state index contributed by atoms with van der Waals surface area (Å²) in [5.41, 5.74) is 6.33. The predicted molar refractivity (Wildman–Crippen MR) is 102 cm³/mol. The number of hydrogen-bond acceptors (Lipinski definition) is 3. The Labute approximate surface area is 154 Å². The third kappa shape index (κ3) is 6.59. The molecular weight excluding hydrogens is 328 g/mol. The van der Waals surface area contributed by atoms with Crippen LogP contribution in [0.5, 0.6) is 5.75 Å². The summed E-state index contributed by atoms with van der Waals surface area (Å²) in [5, 5.41) is 0. The van der Waals surface area contributed by atoms with Gasteiger partial charge in [-0.15, -0.1) is 0 Å².